The molecule has 1 unspecified atom stereocenters. The van der Waals surface area contributed by atoms with Gasteiger partial charge in [0, 0.05) is 17.7 Å². The van der Waals surface area contributed by atoms with Gasteiger partial charge >= 0.3 is 0 Å². The molecule has 0 amide bonds. The van der Waals surface area contributed by atoms with Crippen LogP contribution in [0, 0.1) is 11.2 Å². The minimum absolute atomic E-state index is 0.114. The second kappa shape index (κ2) is 5.27. The average Bonchev–Trinajstić information content (AvgIpc) is 3.10. The molecule has 18 heavy (non-hydrogen) atoms. The van der Waals surface area contributed by atoms with Crippen LogP contribution in [0.15, 0.2) is 18.2 Å². The monoisotopic (exact) mass is 251 g/mol. The molecule has 0 aromatic heterocycles. The van der Waals surface area contributed by atoms with E-state index in [1.54, 1.807) is 7.11 Å². The molecule has 0 radical (unpaired) electrons. The molecule has 100 valence electrons. The maximum Gasteiger partial charge on any atom is 0.131 e. The number of ether oxygens (including phenoxy) is 1. The Balaban J connectivity index is 2.24. The van der Waals surface area contributed by atoms with Crippen LogP contribution in [0.25, 0.3) is 0 Å². The summed E-state index contributed by atoms with van der Waals surface area (Å²) in [5.74, 6) is 0.405. The molecule has 1 saturated carbocycles. The fourth-order valence-corrected chi connectivity index (χ4v) is 2.38. The van der Waals surface area contributed by atoms with E-state index in [1.165, 1.54) is 18.9 Å². The van der Waals surface area contributed by atoms with Crippen LogP contribution in [-0.4, -0.2) is 13.7 Å². The summed E-state index contributed by atoms with van der Waals surface area (Å²) in [4.78, 5) is 0. The number of benzene rings is 1. The van der Waals surface area contributed by atoms with Crippen LogP contribution in [0.2, 0.25) is 0 Å². The largest absolute Gasteiger partial charge is 0.497 e. The summed E-state index contributed by atoms with van der Waals surface area (Å²) in [5, 5.41) is 3.49. The maximum atomic E-state index is 14.2. The van der Waals surface area contributed by atoms with Crippen molar-refractivity contribution in [3.8, 4) is 5.75 Å². The first-order valence-electron chi connectivity index (χ1n) is 6.67. The van der Waals surface area contributed by atoms with Crippen molar-refractivity contribution >= 4 is 0 Å². The highest BCUT2D eigenvalue weighted by Crippen LogP contribution is 2.54. The molecular weight excluding hydrogens is 229 g/mol. The molecule has 1 aliphatic carbocycles. The lowest BCUT2D eigenvalue weighted by atomic mass is 9.91. The quantitative estimate of drug-likeness (QED) is 0.832. The van der Waals surface area contributed by atoms with Crippen LogP contribution in [0.1, 0.15) is 44.7 Å². The number of methoxy groups -OCH3 is 1. The van der Waals surface area contributed by atoms with E-state index in [9.17, 15) is 4.39 Å². The summed E-state index contributed by atoms with van der Waals surface area (Å²) >= 11 is 0. The van der Waals surface area contributed by atoms with Gasteiger partial charge in [-0.15, -0.1) is 0 Å². The molecule has 1 N–H and O–H groups in total. The van der Waals surface area contributed by atoms with Crippen molar-refractivity contribution in [2.24, 2.45) is 5.41 Å². The zero-order valence-corrected chi connectivity index (χ0v) is 11.4. The van der Waals surface area contributed by atoms with Gasteiger partial charge in [-0.1, -0.05) is 19.9 Å². The SMILES string of the molecule is CCCNC(c1ccc(OC)cc1F)C1(C)CC1. The zero-order valence-electron chi connectivity index (χ0n) is 11.4. The minimum atomic E-state index is -0.170. The van der Waals surface area contributed by atoms with E-state index >= 15 is 0 Å². The molecule has 3 heteroatoms. The molecule has 0 saturated heterocycles. The van der Waals surface area contributed by atoms with E-state index < -0.39 is 0 Å². The Labute approximate surface area is 109 Å². The summed E-state index contributed by atoms with van der Waals surface area (Å²) in [5.41, 5.74) is 0.981. The molecule has 1 aromatic carbocycles. The lowest BCUT2D eigenvalue weighted by Crippen LogP contribution is -2.29. The summed E-state index contributed by atoms with van der Waals surface area (Å²) in [7, 11) is 1.56. The second-order valence-corrected chi connectivity index (χ2v) is 5.43. The van der Waals surface area contributed by atoms with Crippen molar-refractivity contribution in [2.75, 3.05) is 13.7 Å². The van der Waals surface area contributed by atoms with Crippen molar-refractivity contribution in [1.82, 2.24) is 5.32 Å². The van der Waals surface area contributed by atoms with Crippen LogP contribution in [0.4, 0.5) is 4.39 Å². The van der Waals surface area contributed by atoms with E-state index in [2.05, 4.69) is 19.2 Å². The number of rotatable bonds is 6. The van der Waals surface area contributed by atoms with Crippen molar-refractivity contribution in [3.05, 3.63) is 29.6 Å². The van der Waals surface area contributed by atoms with E-state index in [4.69, 9.17) is 4.74 Å². The van der Waals surface area contributed by atoms with Crippen LogP contribution in [-0.2, 0) is 0 Å². The molecule has 2 rings (SSSR count). The first kappa shape index (κ1) is 13.3. The van der Waals surface area contributed by atoms with Crippen LogP contribution < -0.4 is 10.1 Å². The van der Waals surface area contributed by atoms with E-state index in [1.807, 2.05) is 12.1 Å². The molecular formula is C15H22FNO. The molecule has 0 aliphatic heterocycles. The highest BCUT2D eigenvalue weighted by molar-refractivity contribution is 5.32. The van der Waals surface area contributed by atoms with Crippen molar-refractivity contribution in [2.45, 2.75) is 39.2 Å². The van der Waals surface area contributed by atoms with Gasteiger partial charge in [0.1, 0.15) is 11.6 Å². The fraction of sp³-hybridized carbons (Fsp3) is 0.600. The summed E-state index contributed by atoms with van der Waals surface area (Å²) in [6.45, 7) is 5.28. The van der Waals surface area contributed by atoms with Crippen molar-refractivity contribution in [1.29, 1.82) is 0 Å². The standard InChI is InChI=1S/C15H22FNO/c1-4-9-17-14(15(2)7-8-15)12-6-5-11(18-3)10-13(12)16/h5-6,10,14,17H,4,7-9H2,1-3H3. The molecule has 1 aromatic rings. The predicted molar refractivity (Wildman–Crippen MR) is 71.3 cm³/mol. The third-order valence-corrected chi connectivity index (χ3v) is 3.85. The van der Waals surface area contributed by atoms with Crippen LogP contribution in [0.5, 0.6) is 5.75 Å². The van der Waals surface area contributed by atoms with Gasteiger partial charge in [-0.05, 0) is 37.3 Å². The van der Waals surface area contributed by atoms with Gasteiger partial charge in [0.25, 0.3) is 0 Å². The lowest BCUT2D eigenvalue weighted by Gasteiger charge is -2.26. The van der Waals surface area contributed by atoms with Gasteiger partial charge in [-0.2, -0.15) is 0 Å². The van der Waals surface area contributed by atoms with Crippen LogP contribution in [0.3, 0.4) is 0 Å². The maximum absolute atomic E-state index is 14.2. The second-order valence-electron chi connectivity index (χ2n) is 5.43. The molecule has 1 aliphatic rings. The molecule has 0 bridgehead atoms. The summed E-state index contributed by atoms with van der Waals surface area (Å²) < 4.78 is 19.2. The number of hydrogen-bond acceptors (Lipinski definition) is 2. The first-order chi connectivity index (χ1) is 8.60. The molecule has 1 fully saturated rings. The number of halogens is 1. The Kier molecular flexibility index (Phi) is 3.91. The summed E-state index contributed by atoms with van der Waals surface area (Å²) in [6, 6.07) is 5.28. The first-order valence-corrected chi connectivity index (χ1v) is 6.67. The van der Waals surface area contributed by atoms with Gasteiger partial charge in [0.2, 0.25) is 0 Å². The lowest BCUT2D eigenvalue weighted by molar-refractivity contribution is 0.353. The Morgan fingerprint density at radius 1 is 1.44 bits per heavy atom. The Morgan fingerprint density at radius 2 is 2.17 bits per heavy atom. The Hall–Kier alpha value is -1.09. The minimum Gasteiger partial charge on any atom is -0.497 e. The highest BCUT2D eigenvalue weighted by Gasteiger charge is 2.46. The normalized spacial score (nSPS) is 18.4. The Morgan fingerprint density at radius 3 is 2.67 bits per heavy atom. The zero-order chi connectivity index (χ0) is 13.2. The number of nitrogens with one attached hydrogen (secondary N) is 1. The van der Waals surface area contributed by atoms with E-state index in [0.717, 1.165) is 18.5 Å². The molecule has 0 heterocycles. The molecule has 2 nitrogen and oxygen atoms in total. The smallest absolute Gasteiger partial charge is 0.131 e. The van der Waals surface area contributed by atoms with Gasteiger partial charge in [0.15, 0.2) is 0 Å². The predicted octanol–water partition coefficient (Wildman–Crippen LogP) is 3.68. The van der Waals surface area contributed by atoms with Gasteiger partial charge in [-0.3, -0.25) is 0 Å². The third-order valence-electron chi connectivity index (χ3n) is 3.85. The number of hydrogen-bond donors (Lipinski definition) is 1. The Bertz CT molecular complexity index is 415. The van der Waals surface area contributed by atoms with E-state index in [0.29, 0.717) is 5.75 Å². The van der Waals surface area contributed by atoms with Gasteiger partial charge in [0.05, 0.1) is 7.11 Å². The fourth-order valence-electron chi connectivity index (χ4n) is 2.38. The van der Waals surface area contributed by atoms with Crippen molar-refractivity contribution < 1.29 is 9.13 Å². The molecule has 1 atom stereocenters. The van der Waals surface area contributed by atoms with Gasteiger partial charge < -0.3 is 10.1 Å². The van der Waals surface area contributed by atoms with E-state index in [-0.39, 0.29) is 17.3 Å². The van der Waals surface area contributed by atoms with Crippen molar-refractivity contribution in [3.63, 3.8) is 0 Å². The summed E-state index contributed by atoms with van der Waals surface area (Å²) in [6.07, 6.45) is 3.39. The van der Waals surface area contributed by atoms with Gasteiger partial charge in [-0.25, -0.2) is 4.39 Å². The average molecular weight is 251 g/mol. The topological polar surface area (TPSA) is 21.3 Å². The van der Waals surface area contributed by atoms with Crippen LogP contribution >= 0.6 is 0 Å². The third kappa shape index (κ3) is 2.66. The highest BCUT2D eigenvalue weighted by atomic mass is 19.1. The molecule has 0 spiro atoms.